The molecule has 10 heterocycles. The first-order valence-electron chi connectivity index (χ1n) is 32.7. The van der Waals surface area contributed by atoms with E-state index in [4.69, 9.17) is 30.4 Å². The zero-order valence-electron chi connectivity index (χ0n) is 54.4. The number of aliphatic carboxylic acids is 1. The zero-order chi connectivity index (χ0) is 70.6. The summed E-state index contributed by atoms with van der Waals surface area (Å²) >= 11 is 6.89. The predicted octanol–water partition coefficient (Wildman–Crippen LogP) is 7.55. The van der Waals surface area contributed by atoms with Gasteiger partial charge in [-0.3, -0.25) is 38.4 Å². The Balaban J connectivity index is 0.850. The largest absolute Gasteiger partial charge is 0.484 e. The summed E-state index contributed by atoms with van der Waals surface area (Å²) < 4.78 is 5.85. The zero-order valence-corrected chi connectivity index (χ0v) is 59.3. The maximum absolute atomic E-state index is 15.5. The number of pyridine rings is 1. The summed E-state index contributed by atoms with van der Waals surface area (Å²) in [5.74, 6) is -5.67. The maximum atomic E-state index is 15.5. The second-order valence-corrected chi connectivity index (χ2v) is 30.7. The summed E-state index contributed by atoms with van der Waals surface area (Å²) in [5, 5.41) is 58.1. The van der Waals surface area contributed by atoms with E-state index in [1.165, 1.54) is 49.7 Å². The van der Waals surface area contributed by atoms with Crippen LogP contribution in [0.4, 0.5) is 0 Å². The van der Waals surface area contributed by atoms with Crippen LogP contribution in [0.5, 0.6) is 5.75 Å². The number of rotatable bonds is 16. The predicted molar refractivity (Wildman–Crippen MR) is 379 cm³/mol. The van der Waals surface area contributed by atoms with Crippen LogP contribution in [0, 0.1) is 18.8 Å². The molecule has 0 radical (unpaired) electrons. The molecule has 3 aliphatic heterocycles. The molecule has 7 atom stereocenters. The van der Waals surface area contributed by atoms with E-state index in [9.17, 15) is 48.9 Å². The summed E-state index contributed by atoms with van der Waals surface area (Å²) in [7, 11) is 0. The Morgan fingerprint density at radius 2 is 1.36 bits per heavy atom. The van der Waals surface area contributed by atoms with Gasteiger partial charge in [0.05, 0.1) is 36.2 Å². The van der Waals surface area contributed by atoms with Crippen LogP contribution in [0.1, 0.15) is 149 Å². The fourth-order valence-corrected chi connectivity index (χ4v) is 18.0. The number of benzene rings is 2. The third kappa shape index (κ3) is 16.1. The van der Waals surface area contributed by atoms with Gasteiger partial charge in [0.25, 0.3) is 29.5 Å². The van der Waals surface area contributed by atoms with Crippen molar-refractivity contribution in [3.05, 3.63) is 147 Å². The van der Waals surface area contributed by atoms with Gasteiger partial charge >= 0.3 is 5.97 Å². The van der Waals surface area contributed by atoms with Crippen LogP contribution < -0.4 is 37.1 Å². The van der Waals surface area contributed by atoms with E-state index in [2.05, 4.69) is 46.4 Å². The van der Waals surface area contributed by atoms with E-state index in [1.54, 1.807) is 89.8 Å². The fourth-order valence-electron chi connectivity index (χ4n) is 12.7. The molecule has 7 aromatic heterocycles. The van der Waals surface area contributed by atoms with Gasteiger partial charge in [-0.15, -0.1) is 68.0 Å². The number of primary amides is 1. The second kappa shape index (κ2) is 31.0. The highest BCUT2D eigenvalue weighted by atomic mass is 32.1. The lowest BCUT2D eigenvalue weighted by molar-refractivity contribution is -0.143. The molecule has 4 aliphatic rings. The number of carbonyl (C=O) groups is 8. The minimum atomic E-state index is -1.43. The van der Waals surface area contributed by atoms with Crippen LogP contribution in [0.15, 0.2) is 93.6 Å². The standard InChI is InChI=1S/C68H69N15O12S6/c1-33-49(84)26-83-55(33)66-79-48(32-100-66)63-75-44(28-97-63)53-40(18-19-41(72-53)62-77-45(30-98-62)57(88)71-38-14-12-37(13-15-38)68(93)94)61-76-46(29-96-61)58(89)73-42(25-50(69)85)64-81-52(34(2)101-64)60(91)80-54(56(87)36-8-4-3-5-9-36)65-78-47(31-99-65)59(90)74-43(67(83)92)24-35-10-16-39(17-11-35)95-27-51(86)70-20-23-82-21-6-7-22-82/h3-5,8-11,16-19,28-33,37-38,42-43,49,54-56,84,87H,6-7,12-15,20-27H2,1-2H3,(H2,69,85)(H,70,86)(H,71,88)(H,73,89)(H,74,90)(H,80,91)(H,93,94)/t33-,37-,38-,42-,43-,49-,54-,55-,56+/m0/s1. The van der Waals surface area contributed by atoms with Gasteiger partial charge in [-0.2, -0.15) is 0 Å². The van der Waals surface area contributed by atoms with E-state index >= 15 is 4.79 Å². The maximum Gasteiger partial charge on any atom is 0.306 e. The molecule has 9 aromatic rings. The van der Waals surface area contributed by atoms with Crippen molar-refractivity contribution in [3.8, 4) is 49.1 Å². The highest BCUT2D eigenvalue weighted by molar-refractivity contribution is 7.15. The van der Waals surface area contributed by atoms with Crippen LogP contribution in [0.25, 0.3) is 43.4 Å². The number of aromatic nitrogens is 7. The van der Waals surface area contributed by atoms with Gasteiger partial charge in [-0.05, 0) is 93.9 Å². The molecule has 2 saturated heterocycles. The lowest BCUT2D eigenvalue weighted by Crippen LogP contribution is -2.50. The Bertz CT molecular complexity index is 4560. The number of nitrogens with zero attached hydrogens (tertiary/aromatic N) is 9. The number of thiazole rings is 6. The summed E-state index contributed by atoms with van der Waals surface area (Å²) in [6, 6.07) is 14.1. The quantitative estimate of drug-likeness (QED) is 0.0451. The summed E-state index contributed by atoms with van der Waals surface area (Å²) in [6.07, 6.45) is 1.30. The van der Waals surface area contributed by atoms with Gasteiger partial charge in [0.2, 0.25) is 11.8 Å². The minimum absolute atomic E-state index is 0.0359. The van der Waals surface area contributed by atoms with Gasteiger partial charge in [0.1, 0.15) is 93.8 Å². The Hall–Kier alpha value is -9.19. The van der Waals surface area contributed by atoms with Crippen molar-refractivity contribution < 1.29 is 58.4 Å². The number of aliphatic hydroxyl groups excluding tert-OH is 2. The lowest BCUT2D eigenvalue weighted by atomic mass is 9.86. The molecule has 10 N–H and O–H groups in total. The minimum Gasteiger partial charge on any atom is -0.484 e. The van der Waals surface area contributed by atoms with Crippen molar-refractivity contribution in [2.24, 2.45) is 17.6 Å². The van der Waals surface area contributed by atoms with E-state index < -0.39 is 96.0 Å². The number of carbonyl (C=O) groups excluding carboxylic acids is 7. The van der Waals surface area contributed by atoms with Crippen LogP contribution in [-0.2, 0) is 25.6 Å². The van der Waals surface area contributed by atoms with Gasteiger partial charge in [-0.1, -0.05) is 49.4 Å². The third-order valence-electron chi connectivity index (χ3n) is 18.2. The molecule has 3 fully saturated rings. The van der Waals surface area contributed by atoms with Gasteiger partial charge < -0.3 is 62.2 Å². The number of fused-ring (bicyclic) bond motifs is 16. The number of carboxylic acid groups (broad SMARTS) is 1. The van der Waals surface area contributed by atoms with Crippen molar-refractivity contribution in [2.45, 2.75) is 108 Å². The number of hydrogen-bond acceptors (Lipinski definition) is 25. The van der Waals surface area contributed by atoms with Crippen molar-refractivity contribution in [2.75, 3.05) is 39.3 Å². The van der Waals surface area contributed by atoms with E-state index in [0.29, 0.717) is 102 Å². The number of aliphatic hydroxyl groups is 2. The molecule has 10 bridgehead atoms. The Morgan fingerprint density at radius 1 is 0.693 bits per heavy atom. The second-order valence-electron chi connectivity index (χ2n) is 25.1. The van der Waals surface area contributed by atoms with Gasteiger partial charge in [-0.25, -0.2) is 34.9 Å². The number of hydrogen-bond donors (Lipinski definition) is 9. The van der Waals surface area contributed by atoms with Gasteiger partial charge in [0.15, 0.2) is 6.61 Å². The van der Waals surface area contributed by atoms with E-state index in [0.717, 1.165) is 66.5 Å². The average Bonchev–Trinajstić information content (AvgIpc) is 1.66. The SMILES string of the molecule is Cc1sc2nc1C(=O)N[C@@H]([C@H](O)c1ccccc1)c1nc(cs1)C(=O)N[C@@H](Cc1ccc(OCC(=O)NCCN3CCCC3)cc1)C(=O)N1C[C@H](O)[C@H](C)[C@H]1c1nc(cs1)-c1nc(cs1)-c1nc(-c3nc(C(=O)N[C@H]4CC[C@H](C(=O)O)CC4)cs3)ccc1-c1nc(cs1)C(=O)N[C@H]2CC(N)=O. The first-order valence-corrected chi connectivity index (χ1v) is 37.9. The number of nitrogens with one attached hydrogen (secondary N) is 5. The van der Waals surface area contributed by atoms with Crippen molar-refractivity contribution in [1.29, 1.82) is 0 Å². The number of aryl methyl sites for hydroxylation is 1. The molecule has 27 nitrogen and oxygen atoms in total. The third-order valence-corrected chi connectivity index (χ3v) is 23.7. The summed E-state index contributed by atoms with van der Waals surface area (Å²) in [5.41, 5.74) is 8.70. The molecule has 2 aromatic carbocycles. The van der Waals surface area contributed by atoms with Crippen LogP contribution in [-0.4, -0.2) is 165 Å². The molecule has 1 saturated carbocycles. The van der Waals surface area contributed by atoms with E-state index in [-0.39, 0.29) is 64.3 Å². The molecule has 13 rings (SSSR count). The first kappa shape index (κ1) is 70.3. The summed E-state index contributed by atoms with van der Waals surface area (Å²) in [4.78, 5) is 148. The average molecular weight is 1480 g/mol. The molecule has 524 valence electrons. The number of carboxylic acids is 1. The number of likely N-dealkylation sites (tertiary alicyclic amines) is 1. The van der Waals surface area contributed by atoms with Crippen molar-refractivity contribution in [1.82, 2.24) is 71.3 Å². The molecule has 33 heteroatoms. The van der Waals surface area contributed by atoms with Crippen molar-refractivity contribution in [3.63, 3.8) is 0 Å². The van der Waals surface area contributed by atoms with E-state index in [1.807, 2.05) is 6.92 Å². The summed E-state index contributed by atoms with van der Waals surface area (Å²) in [6.45, 7) is 6.39. The molecule has 1 aliphatic carbocycles. The molecular weight excluding hydrogens is 1410 g/mol. The number of nitrogens with two attached hydrogens (primary N) is 1. The number of amides is 7. The molecule has 0 spiro atoms. The van der Waals surface area contributed by atoms with Crippen LogP contribution in [0.2, 0.25) is 0 Å². The van der Waals surface area contributed by atoms with Gasteiger partial charge in [0, 0.05) is 75.4 Å². The highest BCUT2D eigenvalue weighted by Gasteiger charge is 2.46. The Kier molecular flexibility index (Phi) is 21.5. The normalized spacial score (nSPS) is 21.6. The fraction of sp³-hybridized carbons (Fsp3) is 0.368. The molecule has 101 heavy (non-hydrogen) atoms. The first-order chi connectivity index (χ1) is 48.8. The number of ether oxygens (including phenoxy) is 1. The lowest BCUT2D eigenvalue weighted by Gasteiger charge is -2.29. The molecule has 0 unspecified atom stereocenters. The highest BCUT2D eigenvalue weighted by Crippen LogP contribution is 2.43. The topological polar surface area (TPSA) is 389 Å². The van der Waals surface area contributed by atoms with Crippen molar-refractivity contribution >= 4 is 115 Å². The van der Waals surface area contributed by atoms with Crippen LogP contribution >= 0.6 is 68.0 Å². The Labute approximate surface area is 602 Å². The van der Waals surface area contributed by atoms with Crippen LogP contribution in [0.3, 0.4) is 0 Å². The molecular formula is C68H69N15O12S6. The molecule has 7 amide bonds. The Morgan fingerprint density at radius 3 is 2.11 bits per heavy atom. The monoisotopic (exact) mass is 1480 g/mol. The smallest absolute Gasteiger partial charge is 0.306 e.